The van der Waals surface area contributed by atoms with Gasteiger partial charge in [0.2, 0.25) is 15.9 Å². The molecule has 0 spiro atoms. The Morgan fingerprint density at radius 2 is 1.47 bits per heavy atom. The minimum Gasteiger partial charge on any atom is -0.406 e. The Kier molecular flexibility index (Phi) is 7.25. The molecule has 1 aromatic carbocycles. The number of sulfonamides is 1. The fourth-order valence-electron chi connectivity index (χ4n) is 3.70. The van der Waals surface area contributed by atoms with Gasteiger partial charge in [-0.25, -0.2) is 8.42 Å². The molecule has 7 nitrogen and oxygen atoms in total. The van der Waals surface area contributed by atoms with Crippen molar-refractivity contribution in [1.82, 2.24) is 14.1 Å². The SMILES string of the molecule is O=C(CN1CCN(S(=O)(=O)c2ccc(OC(F)(F)F)cc2)CC1)N1CCCCCC1. The molecule has 2 fully saturated rings. The van der Waals surface area contributed by atoms with Crippen LogP contribution in [0.2, 0.25) is 0 Å². The number of carbonyl (C=O) groups is 1. The fraction of sp³-hybridized carbons (Fsp3) is 0.632. The van der Waals surface area contributed by atoms with Gasteiger partial charge < -0.3 is 9.64 Å². The summed E-state index contributed by atoms with van der Waals surface area (Å²) >= 11 is 0. The second-order valence-electron chi connectivity index (χ2n) is 7.49. The highest BCUT2D eigenvalue weighted by molar-refractivity contribution is 7.89. The van der Waals surface area contributed by atoms with E-state index in [2.05, 4.69) is 4.74 Å². The average Bonchev–Trinajstić information content (AvgIpc) is 2.97. The van der Waals surface area contributed by atoms with E-state index in [1.165, 1.54) is 4.31 Å². The predicted molar refractivity (Wildman–Crippen MR) is 103 cm³/mol. The lowest BCUT2D eigenvalue weighted by molar-refractivity contribution is -0.274. The maximum atomic E-state index is 12.8. The Bertz CT molecular complexity index is 814. The van der Waals surface area contributed by atoms with Crippen LogP contribution in [0.5, 0.6) is 5.75 Å². The lowest BCUT2D eigenvalue weighted by Gasteiger charge is -2.34. The maximum absolute atomic E-state index is 12.8. The molecule has 2 aliphatic rings. The first kappa shape index (κ1) is 22.8. The summed E-state index contributed by atoms with van der Waals surface area (Å²) < 4.78 is 67.4. The Hall–Kier alpha value is -1.85. The smallest absolute Gasteiger partial charge is 0.406 e. The number of ether oxygens (including phenoxy) is 1. The molecule has 0 saturated carbocycles. The van der Waals surface area contributed by atoms with Gasteiger partial charge in [0.05, 0.1) is 11.4 Å². The normalized spacial score (nSPS) is 20.0. The molecule has 0 unspecified atom stereocenters. The summed E-state index contributed by atoms with van der Waals surface area (Å²) in [7, 11) is -3.83. The largest absolute Gasteiger partial charge is 0.573 e. The van der Waals surface area contributed by atoms with Crippen LogP contribution in [0.3, 0.4) is 0 Å². The predicted octanol–water partition coefficient (Wildman–Crippen LogP) is 2.29. The van der Waals surface area contributed by atoms with Gasteiger partial charge in [0.25, 0.3) is 0 Å². The molecule has 2 aliphatic heterocycles. The third-order valence-corrected chi connectivity index (χ3v) is 7.26. The molecule has 0 radical (unpaired) electrons. The van der Waals surface area contributed by atoms with E-state index in [1.54, 1.807) is 0 Å². The summed E-state index contributed by atoms with van der Waals surface area (Å²) in [5, 5.41) is 0. The van der Waals surface area contributed by atoms with Gasteiger partial charge in [0.1, 0.15) is 5.75 Å². The van der Waals surface area contributed by atoms with Gasteiger partial charge in [-0.1, -0.05) is 12.8 Å². The van der Waals surface area contributed by atoms with Crippen LogP contribution < -0.4 is 4.74 Å². The molecule has 3 rings (SSSR count). The third kappa shape index (κ3) is 6.08. The van der Waals surface area contributed by atoms with Gasteiger partial charge in [-0.05, 0) is 37.1 Å². The zero-order valence-electron chi connectivity index (χ0n) is 16.6. The molecule has 1 aromatic rings. The molecule has 0 aliphatic carbocycles. The second-order valence-corrected chi connectivity index (χ2v) is 9.43. The first-order chi connectivity index (χ1) is 14.1. The summed E-state index contributed by atoms with van der Waals surface area (Å²) in [6.07, 6.45) is -0.510. The highest BCUT2D eigenvalue weighted by Gasteiger charge is 2.32. The van der Waals surface area contributed by atoms with Crippen molar-refractivity contribution in [3.05, 3.63) is 24.3 Å². The van der Waals surface area contributed by atoms with Crippen molar-refractivity contribution in [1.29, 1.82) is 0 Å². The minimum absolute atomic E-state index is 0.0773. The molecule has 1 amide bonds. The summed E-state index contributed by atoms with van der Waals surface area (Å²) in [5.41, 5.74) is 0. The van der Waals surface area contributed by atoms with E-state index in [0.29, 0.717) is 13.1 Å². The van der Waals surface area contributed by atoms with Crippen LogP contribution in [0.15, 0.2) is 29.2 Å². The van der Waals surface area contributed by atoms with Crippen molar-refractivity contribution >= 4 is 15.9 Å². The molecule has 11 heteroatoms. The van der Waals surface area contributed by atoms with Gasteiger partial charge in [-0.3, -0.25) is 9.69 Å². The second kappa shape index (κ2) is 9.52. The summed E-state index contributed by atoms with van der Waals surface area (Å²) in [6.45, 7) is 3.12. The first-order valence-corrected chi connectivity index (χ1v) is 11.5. The standard InChI is InChI=1S/C19H26F3N3O4S/c20-19(21,22)29-16-5-7-17(8-6-16)30(27,28)25-13-11-23(12-14-25)15-18(26)24-9-3-1-2-4-10-24/h5-8H,1-4,9-15H2. The molecule has 30 heavy (non-hydrogen) atoms. The summed E-state index contributed by atoms with van der Waals surface area (Å²) in [4.78, 5) is 16.3. The van der Waals surface area contributed by atoms with E-state index in [4.69, 9.17) is 0 Å². The van der Waals surface area contributed by atoms with E-state index >= 15 is 0 Å². The number of hydrogen-bond donors (Lipinski definition) is 0. The summed E-state index contributed by atoms with van der Waals surface area (Å²) in [5.74, 6) is -0.397. The van der Waals surface area contributed by atoms with Crippen molar-refractivity contribution in [2.45, 2.75) is 36.9 Å². The van der Waals surface area contributed by atoms with Crippen molar-refractivity contribution in [3.8, 4) is 5.75 Å². The van der Waals surface area contributed by atoms with Crippen molar-refractivity contribution in [3.63, 3.8) is 0 Å². The molecule has 168 valence electrons. The number of likely N-dealkylation sites (tertiary alicyclic amines) is 1. The topological polar surface area (TPSA) is 70.2 Å². The number of rotatable bonds is 5. The lowest BCUT2D eigenvalue weighted by atomic mass is 10.2. The van der Waals surface area contributed by atoms with Gasteiger partial charge in [0, 0.05) is 39.3 Å². The third-order valence-electron chi connectivity index (χ3n) is 5.34. The van der Waals surface area contributed by atoms with Crippen LogP contribution >= 0.6 is 0 Å². The molecular weight excluding hydrogens is 423 g/mol. The molecule has 2 heterocycles. The van der Waals surface area contributed by atoms with Gasteiger partial charge in [0.15, 0.2) is 0 Å². The van der Waals surface area contributed by atoms with Crippen LogP contribution in [0.4, 0.5) is 13.2 Å². The van der Waals surface area contributed by atoms with Crippen LogP contribution in [0.1, 0.15) is 25.7 Å². The van der Waals surface area contributed by atoms with E-state index in [9.17, 15) is 26.4 Å². The molecule has 0 bridgehead atoms. The van der Waals surface area contributed by atoms with Crippen molar-refractivity contribution in [2.75, 3.05) is 45.8 Å². The molecule has 0 N–H and O–H groups in total. The molecule has 0 aromatic heterocycles. The molecule has 2 saturated heterocycles. The number of amides is 1. The van der Waals surface area contributed by atoms with E-state index < -0.39 is 22.1 Å². The van der Waals surface area contributed by atoms with Crippen LogP contribution in [0, 0.1) is 0 Å². The van der Waals surface area contributed by atoms with E-state index in [0.717, 1.165) is 63.0 Å². The Morgan fingerprint density at radius 3 is 2.00 bits per heavy atom. The minimum atomic E-state index is -4.83. The number of alkyl halides is 3. The number of halogens is 3. The lowest BCUT2D eigenvalue weighted by Crippen LogP contribution is -2.51. The first-order valence-electron chi connectivity index (χ1n) is 10.0. The van der Waals surface area contributed by atoms with Gasteiger partial charge in [-0.15, -0.1) is 13.2 Å². The maximum Gasteiger partial charge on any atom is 0.573 e. The quantitative estimate of drug-likeness (QED) is 0.690. The number of benzene rings is 1. The van der Waals surface area contributed by atoms with Crippen molar-refractivity contribution < 1.29 is 31.1 Å². The Morgan fingerprint density at radius 1 is 0.900 bits per heavy atom. The van der Waals surface area contributed by atoms with Crippen LogP contribution in [-0.4, -0.2) is 80.6 Å². The molecular formula is C19H26F3N3O4S. The van der Waals surface area contributed by atoms with Crippen LogP contribution in [-0.2, 0) is 14.8 Å². The number of carbonyl (C=O) groups excluding carboxylic acids is 1. The number of piperazine rings is 1. The van der Waals surface area contributed by atoms with Gasteiger partial charge >= 0.3 is 6.36 Å². The van der Waals surface area contributed by atoms with E-state index in [1.807, 2.05) is 9.80 Å². The number of nitrogens with zero attached hydrogens (tertiary/aromatic N) is 3. The number of hydrogen-bond acceptors (Lipinski definition) is 5. The fourth-order valence-corrected chi connectivity index (χ4v) is 5.12. The highest BCUT2D eigenvalue weighted by atomic mass is 32.2. The average molecular weight is 449 g/mol. The monoisotopic (exact) mass is 449 g/mol. The van der Waals surface area contributed by atoms with Crippen LogP contribution in [0.25, 0.3) is 0 Å². The highest BCUT2D eigenvalue weighted by Crippen LogP contribution is 2.25. The zero-order valence-corrected chi connectivity index (χ0v) is 17.4. The van der Waals surface area contributed by atoms with Gasteiger partial charge in [-0.2, -0.15) is 4.31 Å². The Labute approximate surface area is 174 Å². The molecule has 0 atom stereocenters. The zero-order chi connectivity index (χ0) is 21.8. The Balaban J connectivity index is 1.54. The van der Waals surface area contributed by atoms with Crippen molar-refractivity contribution in [2.24, 2.45) is 0 Å². The summed E-state index contributed by atoms with van der Waals surface area (Å²) in [6, 6.07) is 4.17. The van der Waals surface area contributed by atoms with E-state index in [-0.39, 0.29) is 30.4 Å².